The van der Waals surface area contributed by atoms with Crippen molar-refractivity contribution >= 4 is 27.3 Å². The van der Waals surface area contributed by atoms with Crippen molar-refractivity contribution < 1.29 is 22.5 Å². The Morgan fingerprint density at radius 3 is 2.50 bits per heavy atom. The molecule has 8 nitrogen and oxygen atoms in total. The summed E-state index contributed by atoms with van der Waals surface area (Å²) in [5.41, 5.74) is 0.766. The Kier molecular flexibility index (Phi) is 7.07. The Hall–Kier alpha value is -2.91. The number of carbonyl (C=O) groups is 1. The standard InChI is InChI=1S/C20H20ClN3O5S/c1-30(26,27)17-10-8-16(9-11-17)28-12-2-3-18(25)22-13-19-23-20(24-29-19)14-4-6-15(21)7-5-14/h4-11H,2-3,12-13H2,1H3,(H,22,25). The molecular formula is C20H20ClN3O5S. The third-order valence-electron chi connectivity index (χ3n) is 4.08. The van der Waals surface area contributed by atoms with Crippen molar-refractivity contribution in [2.75, 3.05) is 12.9 Å². The van der Waals surface area contributed by atoms with Gasteiger partial charge in [-0.2, -0.15) is 4.98 Å². The van der Waals surface area contributed by atoms with Crippen molar-refractivity contribution in [3.63, 3.8) is 0 Å². The molecule has 1 N–H and O–H groups in total. The van der Waals surface area contributed by atoms with Gasteiger partial charge in [0.05, 0.1) is 18.0 Å². The molecule has 0 aliphatic carbocycles. The fraction of sp³-hybridized carbons (Fsp3) is 0.250. The lowest BCUT2D eigenvalue weighted by Crippen LogP contribution is -2.23. The molecule has 3 aromatic rings. The van der Waals surface area contributed by atoms with E-state index in [9.17, 15) is 13.2 Å². The monoisotopic (exact) mass is 449 g/mol. The molecule has 1 heterocycles. The van der Waals surface area contributed by atoms with Crippen LogP contribution in [0.5, 0.6) is 5.75 Å². The lowest BCUT2D eigenvalue weighted by molar-refractivity contribution is -0.121. The van der Waals surface area contributed by atoms with Crippen LogP contribution in [0.3, 0.4) is 0 Å². The molecule has 0 radical (unpaired) electrons. The summed E-state index contributed by atoms with van der Waals surface area (Å²) in [5, 5.41) is 7.22. The Bertz CT molecular complexity index is 1100. The second kappa shape index (κ2) is 9.73. The van der Waals surface area contributed by atoms with Crippen molar-refractivity contribution in [2.45, 2.75) is 24.3 Å². The number of ether oxygens (including phenoxy) is 1. The molecule has 0 atom stereocenters. The SMILES string of the molecule is CS(=O)(=O)c1ccc(OCCCC(=O)NCc2nc(-c3ccc(Cl)cc3)no2)cc1. The van der Waals surface area contributed by atoms with Gasteiger partial charge in [0.1, 0.15) is 5.75 Å². The van der Waals surface area contributed by atoms with E-state index >= 15 is 0 Å². The number of hydrogen-bond acceptors (Lipinski definition) is 7. The summed E-state index contributed by atoms with van der Waals surface area (Å²) >= 11 is 5.86. The molecule has 10 heteroatoms. The van der Waals surface area contributed by atoms with E-state index in [1.807, 2.05) is 0 Å². The van der Waals surface area contributed by atoms with E-state index in [-0.39, 0.29) is 23.8 Å². The average molecular weight is 450 g/mol. The van der Waals surface area contributed by atoms with E-state index in [4.69, 9.17) is 20.9 Å². The predicted molar refractivity (Wildman–Crippen MR) is 111 cm³/mol. The molecule has 0 saturated heterocycles. The topological polar surface area (TPSA) is 111 Å². The van der Waals surface area contributed by atoms with E-state index < -0.39 is 9.84 Å². The molecule has 0 saturated carbocycles. The van der Waals surface area contributed by atoms with Gasteiger partial charge in [-0.05, 0) is 55.0 Å². The molecule has 2 aromatic carbocycles. The van der Waals surface area contributed by atoms with Crippen LogP contribution in [0.1, 0.15) is 18.7 Å². The zero-order valence-electron chi connectivity index (χ0n) is 16.2. The zero-order chi connectivity index (χ0) is 21.6. The number of amides is 1. The molecule has 1 aromatic heterocycles. The van der Waals surface area contributed by atoms with Crippen LogP contribution < -0.4 is 10.1 Å². The van der Waals surface area contributed by atoms with Gasteiger partial charge in [0, 0.05) is 23.3 Å². The predicted octanol–water partition coefficient (Wildman–Crippen LogP) is 3.27. The normalized spacial score (nSPS) is 11.3. The highest BCUT2D eigenvalue weighted by atomic mass is 35.5. The molecule has 0 spiro atoms. The Labute approximate surface area is 179 Å². The number of rotatable bonds is 9. The van der Waals surface area contributed by atoms with E-state index in [1.165, 1.54) is 12.1 Å². The van der Waals surface area contributed by atoms with Gasteiger partial charge >= 0.3 is 0 Å². The summed E-state index contributed by atoms with van der Waals surface area (Å²) in [5.74, 6) is 1.10. The third kappa shape index (κ3) is 6.30. The average Bonchev–Trinajstić information content (AvgIpc) is 3.19. The van der Waals surface area contributed by atoms with E-state index in [0.717, 1.165) is 11.8 Å². The van der Waals surface area contributed by atoms with Crippen LogP contribution in [0.2, 0.25) is 5.02 Å². The Morgan fingerprint density at radius 1 is 1.13 bits per heavy atom. The molecule has 0 fully saturated rings. The fourth-order valence-corrected chi connectivity index (χ4v) is 3.27. The summed E-state index contributed by atoms with van der Waals surface area (Å²) in [6.45, 7) is 0.458. The minimum Gasteiger partial charge on any atom is -0.494 e. The summed E-state index contributed by atoms with van der Waals surface area (Å²) in [4.78, 5) is 16.4. The second-order valence-electron chi connectivity index (χ2n) is 6.49. The molecule has 1 amide bonds. The highest BCUT2D eigenvalue weighted by molar-refractivity contribution is 7.90. The minimum atomic E-state index is -3.23. The summed E-state index contributed by atoms with van der Waals surface area (Å²) in [6, 6.07) is 13.2. The van der Waals surface area contributed by atoms with Crippen LogP contribution >= 0.6 is 11.6 Å². The van der Waals surface area contributed by atoms with E-state index in [0.29, 0.717) is 35.5 Å². The lowest BCUT2D eigenvalue weighted by Gasteiger charge is -2.07. The maximum Gasteiger partial charge on any atom is 0.246 e. The van der Waals surface area contributed by atoms with Crippen LogP contribution in [0.15, 0.2) is 57.9 Å². The molecule has 0 unspecified atom stereocenters. The molecule has 0 bridgehead atoms. The zero-order valence-corrected chi connectivity index (χ0v) is 17.7. The molecule has 3 rings (SSSR count). The number of nitrogens with one attached hydrogen (secondary N) is 1. The largest absolute Gasteiger partial charge is 0.494 e. The number of nitrogens with zero attached hydrogens (tertiary/aromatic N) is 2. The summed E-state index contributed by atoms with van der Waals surface area (Å²) in [6.07, 6.45) is 1.91. The van der Waals surface area contributed by atoms with Crippen molar-refractivity contribution in [1.82, 2.24) is 15.5 Å². The number of hydrogen-bond donors (Lipinski definition) is 1. The maximum atomic E-state index is 12.0. The lowest BCUT2D eigenvalue weighted by atomic mass is 10.2. The number of benzene rings is 2. The van der Waals surface area contributed by atoms with E-state index in [1.54, 1.807) is 36.4 Å². The van der Waals surface area contributed by atoms with Gasteiger partial charge in [0.15, 0.2) is 9.84 Å². The van der Waals surface area contributed by atoms with Crippen LogP contribution in [0.25, 0.3) is 11.4 Å². The maximum absolute atomic E-state index is 12.0. The van der Waals surface area contributed by atoms with Crippen molar-refractivity contribution in [2.24, 2.45) is 0 Å². The first-order chi connectivity index (χ1) is 14.3. The molecule has 0 aliphatic rings. The number of aromatic nitrogens is 2. The molecule has 0 aliphatic heterocycles. The highest BCUT2D eigenvalue weighted by Gasteiger charge is 2.10. The number of sulfone groups is 1. The molecule has 30 heavy (non-hydrogen) atoms. The minimum absolute atomic E-state index is 0.132. The Morgan fingerprint density at radius 2 is 1.83 bits per heavy atom. The van der Waals surface area contributed by atoms with Crippen molar-refractivity contribution in [3.05, 3.63) is 59.4 Å². The van der Waals surface area contributed by atoms with Gasteiger partial charge in [0.2, 0.25) is 17.6 Å². The first-order valence-corrected chi connectivity index (χ1v) is 11.4. The van der Waals surface area contributed by atoms with Gasteiger partial charge in [-0.1, -0.05) is 16.8 Å². The third-order valence-corrected chi connectivity index (χ3v) is 5.46. The second-order valence-corrected chi connectivity index (χ2v) is 8.94. The van der Waals surface area contributed by atoms with Gasteiger partial charge in [0.25, 0.3) is 0 Å². The van der Waals surface area contributed by atoms with E-state index in [2.05, 4.69) is 15.5 Å². The highest BCUT2D eigenvalue weighted by Crippen LogP contribution is 2.19. The van der Waals surface area contributed by atoms with Gasteiger partial charge in [-0.25, -0.2) is 8.42 Å². The molecular weight excluding hydrogens is 430 g/mol. The van der Waals surface area contributed by atoms with Gasteiger partial charge < -0.3 is 14.6 Å². The van der Waals surface area contributed by atoms with Crippen LogP contribution in [0.4, 0.5) is 0 Å². The van der Waals surface area contributed by atoms with Crippen LogP contribution in [-0.2, 0) is 21.2 Å². The summed E-state index contributed by atoms with van der Waals surface area (Å²) in [7, 11) is -3.23. The fourth-order valence-electron chi connectivity index (χ4n) is 2.51. The smallest absolute Gasteiger partial charge is 0.246 e. The first-order valence-electron chi connectivity index (χ1n) is 9.09. The Balaban J connectivity index is 1.38. The quantitative estimate of drug-likeness (QED) is 0.499. The molecule has 158 valence electrons. The van der Waals surface area contributed by atoms with Crippen LogP contribution in [-0.4, -0.2) is 37.3 Å². The first kappa shape index (κ1) is 21.8. The van der Waals surface area contributed by atoms with Crippen molar-refractivity contribution in [1.29, 1.82) is 0 Å². The number of halogens is 1. The number of carbonyl (C=O) groups excluding carboxylic acids is 1. The van der Waals surface area contributed by atoms with Crippen LogP contribution in [0, 0.1) is 0 Å². The van der Waals surface area contributed by atoms with Gasteiger partial charge in [-0.15, -0.1) is 0 Å². The van der Waals surface area contributed by atoms with Gasteiger partial charge in [-0.3, -0.25) is 4.79 Å². The van der Waals surface area contributed by atoms with Crippen molar-refractivity contribution in [3.8, 4) is 17.1 Å². The summed E-state index contributed by atoms with van der Waals surface area (Å²) < 4.78 is 33.5.